The second-order valence-corrected chi connectivity index (χ2v) is 6.49. The van der Waals surface area contributed by atoms with E-state index in [0.29, 0.717) is 34.3 Å². The fourth-order valence-corrected chi connectivity index (χ4v) is 3.24. The number of hydrogen-bond donors (Lipinski definition) is 2. The van der Waals surface area contributed by atoms with Gasteiger partial charge in [0.15, 0.2) is 0 Å². The Bertz CT molecular complexity index is 756. The molecular formula is C19H21NO5S. The van der Waals surface area contributed by atoms with Crippen LogP contribution in [0.3, 0.4) is 0 Å². The van der Waals surface area contributed by atoms with Gasteiger partial charge in [-0.05, 0) is 29.8 Å². The third-order valence-electron chi connectivity index (χ3n) is 3.57. The molecule has 0 radical (unpaired) electrons. The van der Waals surface area contributed by atoms with Crippen LogP contribution < -0.4 is 14.8 Å². The minimum Gasteiger partial charge on any atom is -0.496 e. The molecule has 138 valence electrons. The highest BCUT2D eigenvalue weighted by Crippen LogP contribution is 2.29. The third kappa shape index (κ3) is 5.42. The van der Waals surface area contributed by atoms with Gasteiger partial charge in [-0.3, -0.25) is 9.59 Å². The zero-order valence-electron chi connectivity index (χ0n) is 14.7. The Morgan fingerprint density at radius 2 is 1.73 bits per heavy atom. The zero-order chi connectivity index (χ0) is 18.9. The predicted octanol–water partition coefficient (Wildman–Crippen LogP) is 3.66. The van der Waals surface area contributed by atoms with Gasteiger partial charge in [0.1, 0.15) is 17.1 Å². The number of amides is 1. The number of carbonyl (C=O) groups excluding carboxylic acids is 1. The van der Waals surface area contributed by atoms with E-state index in [2.05, 4.69) is 5.32 Å². The lowest BCUT2D eigenvalue weighted by Gasteiger charge is -2.13. The SMILES string of the molecule is COc1cccc(OC)c1C(=O)Nc1cccc(CSCCC(=O)O)c1. The Hall–Kier alpha value is -2.67. The summed E-state index contributed by atoms with van der Waals surface area (Å²) in [7, 11) is 3.00. The van der Waals surface area contributed by atoms with Crippen molar-refractivity contribution in [1.82, 2.24) is 0 Å². The summed E-state index contributed by atoms with van der Waals surface area (Å²) >= 11 is 1.54. The van der Waals surface area contributed by atoms with Gasteiger partial charge >= 0.3 is 5.97 Å². The quantitative estimate of drug-likeness (QED) is 0.651. The molecule has 0 unspecified atom stereocenters. The molecule has 2 aromatic rings. The first-order chi connectivity index (χ1) is 12.5. The number of benzene rings is 2. The number of carboxylic acid groups (broad SMARTS) is 1. The molecule has 0 saturated carbocycles. The van der Waals surface area contributed by atoms with Crippen molar-refractivity contribution in [3.8, 4) is 11.5 Å². The van der Waals surface area contributed by atoms with Crippen LogP contribution in [0.15, 0.2) is 42.5 Å². The summed E-state index contributed by atoms with van der Waals surface area (Å²) in [5, 5.41) is 11.5. The van der Waals surface area contributed by atoms with Gasteiger partial charge in [0.05, 0.1) is 20.6 Å². The Morgan fingerprint density at radius 1 is 1.08 bits per heavy atom. The maximum absolute atomic E-state index is 12.7. The predicted molar refractivity (Wildman–Crippen MR) is 102 cm³/mol. The maximum atomic E-state index is 12.7. The molecule has 0 aromatic heterocycles. The number of anilines is 1. The Labute approximate surface area is 156 Å². The molecule has 0 aliphatic carbocycles. The maximum Gasteiger partial charge on any atom is 0.304 e. The molecule has 0 saturated heterocycles. The van der Waals surface area contributed by atoms with Gasteiger partial charge < -0.3 is 19.9 Å². The molecule has 1 amide bonds. The largest absolute Gasteiger partial charge is 0.496 e. The first-order valence-corrected chi connectivity index (χ1v) is 9.11. The van der Waals surface area contributed by atoms with Crippen molar-refractivity contribution in [1.29, 1.82) is 0 Å². The second kappa shape index (κ2) is 9.72. The molecule has 2 N–H and O–H groups in total. The highest BCUT2D eigenvalue weighted by molar-refractivity contribution is 7.98. The summed E-state index contributed by atoms with van der Waals surface area (Å²) in [5.41, 5.74) is 1.99. The van der Waals surface area contributed by atoms with Crippen LogP contribution in [0.5, 0.6) is 11.5 Å². The number of aliphatic carboxylic acids is 1. The smallest absolute Gasteiger partial charge is 0.304 e. The first-order valence-electron chi connectivity index (χ1n) is 7.96. The van der Waals surface area contributed by atoms with Crippen LogP contribution in [0.25, 0.3) is 0 Å². The molecule has 0 spiro atoms. The topological polar surface area (TPSA) is 84.9 Å². The van der Waals surface area contributed by atoms with Crippen LogP contribution in [0.1, 0.15) is 22.3 Å². The average Bonchev–Trinajstić information content (AvgIpc) is 2.64. The van der Waals surface area contributed by atoms with Gasteiger partial charge in [0, 0.05) is 17.2 Å². The molecule has 0 heterocycles. The Kier molecular flexibility index (Phi) is 7.35. The Morgan fingerprint density at radius 3 is 2.35 bits per heavy atom. The van der Waals surface area contributed by atoms with Gasteiger partial charge in [0.25, 0.3) is 5.91 Å². The lowest BCUT2D eigenvalue weighted by molar-refractivity contribution is -0.136. The third-order valence-corrected chi connectivity index (χ3v) is 4.60. The number of carbonyl (C=O) groups is 2. The number of thioether (sulfide) groups is 1. The minimum absolute atomic E-state index is 0.134. The van der Waals surface area contributed by atoms with Crippen LogP contribution in [0.2, 0.25) is 0 Å². The average molecular weight is 375 g/mol. The molecule has 0 fully saturated rings. The van der Waals surface area contributed by atoms with Crippen LogP contribution in [0, 0.1) is 0 Å². The molecule has 0 atom stereocenters. The van der Waals surface area contributed by atoms with Gasteiger partial charge in [0.2, 0.25) is 0 Å². The summed E-state index contributed by atoms with van der Waals surface area (Å²) in [4.78, 5) is 23.2. The fraction of sp³-hybridized carbons (Fsp3) is 0.263. The van der Waals surface area contributed by atoms with E-state index in [1.54, 1.807) is 24.3 Å². The Balaban J connectivity index is 2.08. The van der Waals surface area contributed by atoms with Crippen molar-refractivity contribution in [3.05, 3.63) is 53.6 Å². The molecular weight excluding hydrogens is 354 g/mol. The molecule has 6 nitrogen and oxygen atoms in total. The van der Waals surface area contributed by atoms with Crippen LogP contribution >= 0.6 is 11.8 Å². The number of carboxylic acids is 1. The van der Waals surface area contributed by atoms with Crippen molar-refractivity contribution in [2.24, 2.45) is 0 Å². The zero-order valence-corrected chi connectivity index (χ0v) is 15.5. The van der Waals surface area contributed by atoms with E-state index in [-0.39, 0.29) is 12.3 Å². The summed E-state index contributed by atoms with van der Waals surface area (Å²) in [6.45, 7) is 0. The second-order valence-electron chi connectivity index (χ2n) is 5.39. The molecule has 26 heavy (non-hydrogen) atoms. The van der Waals surface area contributed by atoms with Crippen molar-refractivity contribution >= 4 is 29.3 Å². The first kappa shape index (κ1) is 19.7. The van der Waals surface area contributed by atoms with E-state index >= 15 is 0 Å². The minimum atomic E-state index is -0.802. The van der Waals surface area contributed by atoms with E-state index in [4.69, 9.17) is 14.6 Å². The van der Waals surface area contributed by atoms with E-state index in [0.717, 1.165) is 5.56 Å². The van der Waals surface area contributed by atoms with Crippen molar-refractivity contribution in [2.45, 2.75) is 12.2 Å². The lowest BCUT2D eigenvalue weighted by Crippen LogP contribution is -2.14. The molecule has 0 bridgehead atoms. The summed E-state index contributed by atoms with van der Waals surface area (Å²) in [6.07, 6.45) is 0.134. The monoisotopic (exact) mass is 375 g/mol. The van der Waals surface area contributed by atoms with Gasteiger partial charge in [-0.25, -0.2) is 0 Å². The van der Waals surface area contributed by atoms with E-state index in [9.17, 15) is 9.59 Å². The molecule has 0 aliphatic rings. The normalized spacial score (nSPS) is 10.2. The summed E-state index contributed by atoms with van der Waals surface area (Å²) in [6, 6.07) is 12.6. The van der Waals surface area contributed by atoms with Crippen LogP contribution in [-0.4, -0.2) is 37.0 Å². The number of rotatable bonds is 9. The van der Waals surface area contributed by atoms with Crippen molar-refractivity contribution < 1.29 is 24.2 Å². The van der Waals surface area contributed by atoms with Crippen LogP contribution in [0.4, 0.5) is 5.69 Å². The highest BCUT2D eigenvalue weighted by atomic mass is 32.2. The van der Waals surface area contributed by atoms with Crippen LogP contribution in [-0.2, 0) is 10.5 Å². The highest BCUT2D eigenvalue weighted by Gasteiger charge is 2.18. The van der Waals surface area contributed by atoms with E-state index in [1.165, 1.54) is 26.0 Å². The van der Waals surface area contributed by atoms with Crippen molar-refractivity contribution in [2.75, 3.05) is 25.3 Å². The number of hydrogen-bond acceptors (Lipinski definition) is 5. The van der Waals surface area contributed by atoms with Crippen molar-refractivity contribution in [3.63, 3.8) is 0 Å². The molecule has 0 aliphatic heterocycles. The van der Waals surface area contributed by atoms with E-state index < -0.39 is 5.97 Å². The van der Waals surface area contributed by atoms with Gasteiger partial charge in [-0.1, -0.05) is 18.2 Å². The number of ether oxygens (including phenoxy) is 2. The molecule has 2 aromatic carbocycles. The summed E-state index contributed by atoms with van der Waals surface area (Å²) in [5.74, 6) is 0.961. The molecule has 2 rings (SSSR count). The summed E-state index contributed by atoms with van der Waals surface area (Å²) < 4.78 is 10.5. The molecule has 7 heteroatoms. The number of nitrogens with one attached hydrogen (secondary N) is 1. The van der Waals surface area contributed by atoms with E-state index in [1.807, 2.05) is 18.2 Å². The standard InChI is InChI=1S/C19H21NO5S/c1-24-15-7-4-8-16(25-2)18(15)19(23)20-14-6-3-5-13(11-14)12-26-10-9-17(21)22/h3-8,11H,9-10,12H2,1-2H3,(H,20,23)(H,21,22). The number of methoxy groups -OCH3 is 2. The lowest BCUT2D eigenvalue weighted by atomic mass is 10.1. The fourth-order valence-electron chi connectivity index (χ4n) is 2.36. The van der Waals surface area contributed by atoms with Gasteiger partial charge in [-0.2, -0.15) is 11.8 Å². The van der Waals surface area contributed by atoms with Gasteiger partial charge in [-0.15, -0.1) is 0 Å².